The maximum Gasteiger partial charge on any atom is 0.481 e. The highest BCUT2D eigenvalue weighted by atomic mass is 32.5. The van der Waals surface area contributed by atoms with Gasteiger partial charge in [-0.1, -0.05) is 0 Å². The van der Waals surface area contributed by atoms with Gasteiger partial charge in [0.25, 0.3) is 0 Å². The first-order valence-corrected chi connectivity index (χ1v) is 19.9. The SMILES string of the molecule is CN[C@@H]1[C@@H](COP(O)(=S)OP(=O)(O)OC2OC3(OC(C)=O)C2C(OC(C)=O)C(O)C3[C@@H](F)COC(C)=O)O[C@@H](c2c[nH]c3c(N)ncnc23)[C@]1(C)OC. The van der Waals surface area contributed by atoms with E-state index in [9.17, 15) is 33.8 Å². The van der Waals surface area contributed by atoms with E-state index in [0.29, 0.717) is 16.6 Å². The summed E-state index contributed by atoms with van der Waals surface area (Å²) in [6, 6.07) is -0.633. The van der Waals surface area contributed by atoms with Crippen molar-refractivity contribution in [3.63, 3.8) is 0 Å². The summed E-state index contributed by atoms with van der Waals surface area (Å²) in [7, 11) is -2.40. The van der Waals surface area contributed by atoms with Gasteiger partial charge in [-0.3, -0.25) is 18.9 Å². The maximum absolute atomic E-state index is 15.5. The molecule has 4 heterocycles. The summed E-state index contributed by atoms with van der Waals surface area (Å²) in [6.45, 7) is -1.44. The van der Waals surface area contributed by atoms with Gasteiger partial charge in [0.05, 0.1) is 24.1 Å². The number of H-pyrrole nitrogens is 1. The number of halogens is 1. The molecule has 7 N–H and O–H groups in total. The number of alkyl halides is 1. The lowest BCUT2D eigenvalue weighted by atomic mass is 9.86. The van der Waals surface area contributed by atoms with Crippen LogP contribution in [0, 0.1) is 11.8 Å². The van der Waals surface area contributed by atoms with E-state index < -0.39 is 112 Å². The van der Waals surface area contributed by atoms with Crippen LogP contribution >= 0.6 is 14.5 Å². The summed E-state index contributed by atoms with van der Waals surface area (Å²) >= 11 is 5.01. The molecule has 0 radical (unpaired) electrons. The number of hydrogen-bond acceptors (Lipinski definition) is 19. The van der Waals surface area contributed by atoms with E-state index in [1.807, 2.05) is 0 Å². The number of nitrogen functional groups attached to an aromatic ring is 1. The molecule has 53 heavy (non-hydrogen) atoms. The normalized spacial score (nSPS) is 35.1. The molecule has 1 aliphatic carbocycles. The fourth-order valence-corrected chi connectivity index (χ4v) is 10.3. The molecule has 1 saturated carbocycles. The Morgan fingerprint density at radius 3 is 2.51 bits per heavy atom. The number of hydrogen-bond donors (Lipinski definition) is 6. The van der Waals surface area contributed by atoms with Gasteiger partial charge < -0.3 is 63.9 Å². The summed E-state index contributed by atoms with van der Waals surface area (Å²) in [5.41, 5.74) is 6.40. The molecule has 0 bridgehead atoms. The number of methoxy groups -OCH3 is 1. The van der Waals surface area contributed by atoms with Crippen LogP contribution in [0.3, 0.4) is 0 Å². The van der Waals surface area contributed by atoms with Gasteiger partial charge in [-0.2, -0.15) is 0 Å². The lowest BCUT2D eigenvalue weighted by molar-refractivity contribution is -0.425. The molecule has 21 nitrogen and oxygen atoms in total. The molecule has 296 valence electrons. The van der Waals surface area contributed by atoms with Crippen molar-refractivity contribution in [1.29, 1.82) is 0 Å². The number of rotatable bonds is 15. The first-order valence-electron chi connectivity index (χ1n) is 15.9. The fourth-order valence-electron chi connectivity index (χ4n) is 7.16. The zero-order valence-corrected chi connectivity index (χ0v) is 31.7. The standard InChI is InChI=1S/C28H40FN5O16P2S/c1-11(35)43-8-15(29)17-21(38)22(45-12(2)36)18-26(48-28(17,18)47-13(3)37)49-51(39,40)50-52(41,53)44-9-16-23(31-5)27(4,42-6)24(46-16)14-7-32-20-19(14)33-10-34-25(20)30/h7,10,15-18,21-24,26,31-32,38H,8-9H2,1-6H3,(H,39,40)(H,41,53)(H2,30,33,34)/t15-,16+,17?,18?,21?,22?,23+,24-,26?,27+,28?,52?/m0/s1. The van der Waals surface area contributed by atoms with E-state index >= 15 is 4.39 Å². The predicted octanol–water partition coefficient (Wildman–Crippen LogP) is 0.396. The Labute approximate surface area is 306 Å². The number of fused-ring (bicyclic) bond motifs is 2. The number of aliphatic hydroxyl groups is 1. The van der Waals surface area contributed by atoms with Crippen molar-refractivity contribution < 1.29 is 80.0 Å². The number of aromatic nitrogens is 3. The van der Waals surface area contributed by atoms with Gasteiger partial charge in [-0.25, -0.2) is 23.2 Å². The van der Waals surface area contributed by atoms with Crippen LogP contribution in [0.1, 0.15) is 39.4 Å². The average Bonchev–Trinajstić information content (AvgIpc) is 3.64. The quantitative estimate of drug-likeness (QED) is 0.0805. The first kappa shape index (κ1) is 41.4. The number of carbonyl (C=O) groups is 3. The molecule has 3 aliphatic rings. The molecule has 0 spiro atoms. The zero-order valence-electron chi connectivity index (χ0n) is 29.1. The van der Waals surface area contributed by atoms with E-state index in [1.54, 1.807) is 20.2 Å². The second-order valence-electron chi connectivity index (χ2n) is 12.6. The summed E-state index contributed by atoms with van der Waals surface area (Å²) in [5, 5.41) is 14.1. The molecule has 2 aliphatic heterocycles. The van der Waals surface area contributed by atoms with Crippen LogP contribution in [0.4, 0.5) is 10.2 Å². The number of esters is 3. The number of phosphoric acid groups is 1. The van der Waals surface area contributed by atoms with Crippen molar-refractivity contribution in [2.45, 2.75) is 82.0 Å². The Kier molecular flexibility index (Phi) is 12.0. The number of anilines is 1. The number of carbonyl (C=O) groups excluding carboxylic acids is 3. The van der Waals surface area contributed by atoms with Gasteiger partial charge in [0.2, 0.25) is 5.79 Å². The van der Waals surface area contributed by atoms with Crippen molar-refractivity contribution in [1.82, 2.24) is 20.3 Å². The van der Waals surface area contributed by atoms with Crippen molar-refractivity contribution in [2.75, 3.05) is 33.1 Å². The number of phosphoric ester groups is 1. The number of aromatic amines is 1. The Bertz CT molecular complexity index is 1830. The smallest absolute Gasteiger partial charge is 0.463 e. The van der Waals surface area contributed by atoms with Crippen LogP contribution in [-0.4, -0.2) is 123 Å². The average molecular weight is 816 g/mol. The van der Waals surface area contributed by atoms with E-state index in [1.165, 1.54) is 13.4 Å². The van der Waals surface area contributed by atoms with Crippen LogP contribution in [0.5, 0.6) is 0 Å². The van der Waals surface area contributed by atoms with E-state index in [0.717, 1.165) is 20.8 Å². The second kappa shape index (κ2) is 15.4. The summed E-state index contributed by atoms with van der Waals surface area (Å²) in [5.74, 6) is -8.58. The molecule has 2 aromatic rings. The minimum Gasteiger partial charge on any atom is -0.463 e. The maximum atomic E-state index is 15.5. The lowest BCUT2D eigenvalue weighted by Crippen LogP contribution is -2.66. The van der Waals surface area contributed by atoms with Crippen LogP contribution in [0.2, 0.25) is 0 Å². The van der Waals surface area contributed by atoms with E-state index in [4.69, 9.17) is 59.3 Å². The molecule has 25 heteroatoms. The monoisotopic (exact) mass is 815 g/mol. The van der Waals surface area contributed by atoms with E-state index in [-0.39, 0.29) is 5.82 Å². The molecule has 5 rings (SSSR count). The van der Waals surface area contributed by atoms with Crippen molar-refractivity contribution in [3.8, 4) is 0 Å². The number of ether oxygens (including phenoxy) is 6. The van der Waals surface area contributed by atoms with Gasteiger partial charge >= 0.3 is 32.4 Å². The molecule has 8 unspecified atom stereocenters. The second-order valence-corrected chi connectivity index (χ2v) is 17.0. The van der Waals surface area contributed by atoms with E-state index in [2.05, 4.69) is 20.3 Å². The van der Waals surface area contributed by atoms with Gasteiger partial charge in [0.1, 0.15) is 60.6 Å². The largest absolute Gasteiger partial charge is 0.481 e. The Morgan fingerprint density at radius 2 is 1.91 bits per heavy atom. The van der Waals surface area contributed by atoms with Crippen LogP contribution in [-0.2, 0) is 72.5 Å². The highest BCUT2D eigenvalue weighted by Crippen LogP contribution is 2.66. The van der Waals surface area contributed by atoms with Crippen LogP contribution in [0.15, 0.2) is 12.5 Å². The summed E-state index contributed by atoms with van der Waals surface area (Å²) < 4.78 is 76.9. The summed E-state index contributed by atoms with van der Waals surface area (Å²) in [4.78, 5) is 68.2. The topological polar surface area (TPSA) is 292 Å². The zero-order chi connectivity index (χ0) is 39.3. The van der Waals surface area contributed by atoms with Gasteiger partial charge in [-0.05, 0) is 25.8 Å². The molecular weight excluding hydrogens is 775 g/mol. The molecule has 3 fully saturated rings. The molecule has 2 aromatic heterocycles. The first-order chi connectivity index (χ1) is 24.7. The van der Waals surface area contributed by atoms with Gasteiger partial charge in [0, 0.05) is 39.6 Å². The number of nitrogens with one attached hydrogen (secondary N) is 2. The molecule has 0 aromatic carbocycles. The third kappa shape index (κ3) is 7.99. The van der Waals surface area contributed by atoms with Gasteiger partial charge in [-0.15, -0.1) is 0 Å². The van der Waals surface area contributed by atoms with Crippen molar-refractivity contribution >= 4 is 61.1 Å². The molecule has 0 amide bonds. The number of aliphatic hydroxyl groups excluding tert-OH is 1. The van der Waals surface area contributed by atoms with Crippen molar-refractivity contribution in [2.24, 2.45) is 11.8 Å². The van der Waals surface area contributed by atoms with Crippen LogP contribution in [0.25, 0.3) is 11.0 Å². The van der Waals surface area contributed by atoms with Gasteiger partial charge in [0.15, 0.2) is 12.1 Å². The lowest BCUT2D eigenvalue weighted by Gasteiger charge is -2.51. The molecular formula is C28H40FN5O16P2S. The summed E-state index contributed by atoms with van der Waals surface area (Å²) in [6.07, 6.45) is -6.73. The number of nitrogens with two attached hydrogens (primary N) is 1. The third-order valence-electron chi connectivity index (χ3n) is 9.24. The molecule has 2 saturated heterocycles. The molecule has 13 atom stereocenters. The Balaban J connectivity index is 1.31. The minimum absolute atomic E-state index is 0.207. The van der Waals surface area contributed by atoms with Crippen molar-refractivity contribution in [3.05, 3.63) is 18.1 Å². The fraction of sp³-hybridized carbons (Fsp3) is 0.679. The predicted molar refractivity (Wildman–Crippen MR) is 178 cm³/mol. The minimum atomic E-state index is -5.49. The highest BCUT2D eigenvalue weighted by Gasteiger charge is 2.78. The number of nitrogens with zero attached hydrogens (tertiary/aromatic N) is 2. The highest BCUT2D eigenvalue weighted by molar-refractivity contribution is 8.08. The Morgan fingerprint density at radius 1 is 1.21 bits per heavy atom. The number of likely N-dealkylation sites (N-methyl/N-ethyl adjacent to an activating group) is 1. The Hall–Kier alpha value is -2.76. The third-order valence-corrected chi connectivity index (χ3v) is 12.8. The van der Waals surface area contributed by atoms with Crippen LogP contribution < -0.4 is 11.1 Å².